The van der Waals surface area contributed by atoms with Crippen LogP contribution in [-0.2, 0) is 11.3 Å². The van der Waals surface area contributed by atoms with E-state index in [1.807, 2.05) is 4.90 Å². The Morgan fingerprint density at radius 2 is 2.17 bits per heavy atom. The Hall–Kier alpha value is -1.40. The number of nitrogens with zero attached hydrogens (tertiary/aromatic N) is 3. The third-order valence-electron chi connectivity index (χ3n) is 2.53. The molecule has 0 saturated carbocycles. The van der Waals surface area contributed by atoms with E-state index in [2.05, 4.69) is 16.9 Å². The number of aromatic nitrogens is 2. The Bertz CT molecular complexity index is 360. The van der Waals surface area contributed by atoms with Crippen LogP contribution in [-0.4, -0.2) is 41.9 Å². The van der Waals surface area contributed by atoms with E-state index < -0.39 is 0 Å². The Kier molecular flexibility index (Phi) is 6.38. The first-order valence-corrected chi connectivity index (χ1v) is 6.19. The Morgan fingerprint density at radius 1 is 1.39 bits per heavy atom. The predicted molar refractivity (Wildman–Crippen MR) is 71.4 cm³/mol. The van der Waals surface area contributed by atoms with Crippen LogP contribution in [0.25, 0.3) is 0 Å². The van der Waals surface area contributed by atoms with Crippen molar-refractivity contribution >= 4 is 11.6 Å². The van der Waals surface area contributed by atoms with Crippen LogP contribution in [0.2, 0.25) is 0 Å². The lowest BCUT2D eigenvalue weighted by atomic mass is 10.3. The van der Waals surface area contributed by atoms with Crippen LogP contribution in [0.3, 0.4) is 0 Å². The van der Waals surface area contributed by atoms with Crippen LogP contribution in [0.1, 0.15) is 25.6 Å². The summed E-state index contributed by atoms with van der Waals surface area (Å²) in [6.07, 6.45) is 2.14. The molecule has 0 saturated heterocycles. The maximum absolute atomic E-state index is 9.10. The molecule has 0 radical (unpaired) electrons. The lowest BCUT2D eigenvalue weighted by Crippen LogP contribution is -2.29. The lowest BCUT2D eigenvalue weighted by molar-refractivity contribution is 0.178. The van der Waals surface area contributed by atoms with Crippen molar-refractivity contribution in [1.82, 2.24) is 9.97 Å². The van der Waals surface area contributed by atoms with Gasteiger partial charge in [-0.15, -0.1) is 0 Å². The van der Waals surface area contributed by atoms with Gasteiger partial charge in [0.15, 0.2) is 5.82 Å². The molecule has 0 aliphatic rings. The van der Waals surface area contributed by atoms with Crippen LogP contribution >= 0.6 is 0 Å². The number of hydrogen-bond acceptors (Lipinski definition) is 6. The Labute approximate surface area is 108 Å². The number of unbranched alkanes of at least 4 members (excludes halogenated alkanes) is 1. The first-order valence-electron chi connectivity index (χ1n) is 6.19. The fourth-order valence-electron chi connectivity index (χ4n) is 1.67. The number of anilines is 2. The van der Waals surface area contributed by atoms with E-state index in [9.17, 15) is 0 Å². The summed E-state index contributed by atoms with van der Waals surface area (Å²) < 4.78 is 5.01. The number of nitrogen functional groups attached to an aromatic ring is 1. The van der Waals surface area contributed by atoms with Gasteiger partial charge in [0, 0.05) is 26.3 Å². The highest BCUT2D eigenvalue weighted by atomic mass is 16.5. The summed E-state index contributed by atoms with van der Waals surface area (Å²) in [5.74, 6) is 1.73. The van der Waals surface area contributed by atoms with Gasteiger partial charge in [0.05, 0.1) is 6.61 Å². The van der Waals surface area contributed by atoms with Crippen molar-refractivity contribution in [3.05, 3.63) is 11.9 Å². The van der Waals surface area contributed by atoms with Crippen molar-refractivity contribution in [2.24, 2.45) is 0 Å². The molecule has 0 fully saturated rings. The molecular weight excluding hydrogens is 232 g/mol. The first kappa shape index (κ1) is 14.7. The van der Waals surface area contributed by atoms with Gasteiger partial charge >= 0.3 is 0 Å². The van der Waals surface area contributed by atoms with E-state index in [0.29, 0.717) is 24.8 Å². The summed E-state index contributed by atoms with van der Waals surface area (Å²) in [7, 11) is 1.59. The zero-order valence-electron chi connectivity index (χ0n) is 11.1. The second kappa shape index (κ2) is 7.84. The van der Waals surface area contributed by atoms with E-state index in [-0.39, 0.29) is 6.61 Å². The lowest BCUT2D eigenvalue weighted by Gasteiger charge is -2.23. The highest BCUT2D eigenvalue weighted by Crippen LogP contribution is 2.15. The zero-order valence-corrected chi connectivity index (χ0v) is 11.1. The second-order valence-electron chi connectivity index (χ2n) is 4.06. The minimum Gasteiger partial charge on any atom is -0.395 e. The normalized spacial score (nSPS) is 10.6. The molecule has 3 N–H and O–H groups in total. The molecule has 0 atom stereocenters. The summed E-state index contributed by atoms with van der Waals surface area (Å²) in [5, 5.41) is 9.10. The Morgan fingerprint density at radius 3 is 2.78 bits per heavy atom. The summed E-state index contributed by atoms with van der Waals surface area (Å²) in [6, 6.07) is 1.73. The van der Waals surface area contributed by atoms with Crippen molar-refractivity contribution < 1.29 is 9.84 Å². The van der Waals surface area contributed by atoms with Gasteiger partial charge in [-0.05, 0) is 6.42 Å². The molecule has 1 rings (SSSR count). The van der Waals surface area contributed by atoms with E-state index >= 15 is 0 Å². The molecule has 1 aromatic rings. The van der Waals surface area contributed by atoms with E-state index in [4.69, 9.17) is 15.6 Å². The standard InChI is InChI=1S/C12H22N4O2/c1-3-4-5-16(6-7-17)12-8-10(13)14-11(15-12)9-18-2/h8,17H,3-7,9H2,1-2H3,(H2,13,14,15). The fourth-order valence-corrected chi connectivity index (χ4v) is 1.67. The van der Waals surface area contributed by atoms with Crippen LogP contribution in [0, 0.1) is 0 Å². The highest BCUT2D eigenvalue weighted by molar-refractivity contribution is 5.46. The summed E-state index contributed by atoms with van der Waals surface area (Å²) in [5.41, 5.74) is 5.76. The highest BCUT2D eigenvalue weighted by Gasteiger charge is 2.10. The third kappa shape index (κ3) is 4.46. The molecule has 18 heavy (non-hydrogen) atoms. The topological polar surface area (TPSA) is 84.5 Å². The molecule has 1 aromatic heterocycles. The number of aliphatic hydroxyl groups excluding tert-OH is 1. The quantitative estimate of drug-likeness (QED) is 0.714. The second-order valence-corrected chi connectivity index (χ2v) is 4.06. The van der Waals surface area contributed by atoms with Crippen LogP contribution < -0.4 is 10.6 Å². The number of aliphatic hydroxyl groups is 1. The van der Waals surface area contributed by atoms with Gasteiger partial charge in [0.1, 0.15) is 18.2 Å². The van der Waals surface area contributed by atoms with E-state index in [0.717, 1.165) is 25.2 Å². The van der Waals surface area contributed by atoms with Gasteiger partial charge in [-0.25, -0.2) is 9.97 Å². The Balaban J connectivity index is 2.87. The zero-order chi connectivity index (χ0) is 13.4. The maximum Gasteiger partial charge on any atom is 0.158 e. The average Bonchev–Trinajstić information content (AvgIpc) is 2.34. The summed E-state index contributed by atoms with van der Waals surface area (Å²) in [4.78, 5) is 10.5. The van der Waals surface area contributed by atoms with Gasteiger partial charge in [0.25, 0.3) is 0 Å². The van der Waals surface area contributed by atoms with Gasteiger partial charge < -0.3 is 20.5 Å². The minimum absolute atomic E-state index is 0.0905. The van der Waals surface area contributed by atoms with Crippen molar-refractivity contribution in [3.63, 3.8) is 0 Å². The maximum atomic E-state index is 9.10. The number of methoxy groups -OCH3 is 1. The number of rotatable bonds is 8. The first-order chi connectivity index (χ1) is 8.71. The molecule has 0 aliphatic heterocycles. The largest absolute Gasteiger partial charge is 0.395 e. The SMILES string of the molecule is CCCCN(CCO)c1cc(N)nc(COC)n1. The molecule has 102 valence electrons. The molecule has 0 aliphatic carbocycles. The van der Waals surface area contributed by atoms with Crippen LogP contribution in [0.4, 0.5) is 11.6 Å². The predicted octanol–water partition coefficient (Wildman–Crippen LogP) is 0.804. The monoisotopic (exact) mass is 254 g/mol. The number of hydrogen-bond donors (Lipinski definition) is 2. The van der Waals surface area contributed by atoms with Gasteiger partial charge in [0.2, 0.25) is 0 Å². The van der Waals surface area contributed by atoms with Crippen LogP contribution in [0.15, 0.2) is 6.07 Å². The van der Waals surface area contributed by atoms with Crippen molar-refractivity contribution in [3.8, 4) is 0 Å². The molecule has 0 unspecified atom stereocenters. The van der Waals surface area contributed by atoms with E-state index in [1.165, 1.54) is 0 Å². The molecule has 6 heteroatoms. The molecule has 0 aromatic carbocycles. The van der Waals surface area contributed by atoms with Gasteiger partial charge in [-0.1, -0.05) is 13.3 Å². The number of nitrogens with two attached hydrogens (primary N) is 1. The number of ether oxygens (including phenoxy) is 1. The van der Waals surface area contributed by atoms with E-state index in [1.54, 1.807) is 13.2 Å². The molecule has 0 amide bonds. The summed E-state index contributed by atoms with van der Waals surface area (Å²) >= 11 is 0. The smallest absolute Gasteiger partial charge is 0.158 e. The molecule has 0 bridgehead atoms. The van der Waals surface area contributed by atoms with Crippen molar-refractivity contribution in [1.29, 1.82) is 0 Å². The average molecular weight is 254 g/mol. The molecule has 6 nitrogen and oxygen atoms in total. The minimum atomic E-state index is 0.0905. The molecule has 0 spiro atoms. The summed E-state index contributed by atoms with van der Waals surface area (Å²) in [6.45, 7) is 3.94. The van der Waals surface area contributed by atoms with Gasteiger partial charge in [-0.2, -0.15) is 0 Å². The molecule has 1 heterocycles. The van der Waals surface area contributed by atoms with Gasteiger partial charge in [-0.3, -0.25) is 0 Å². The fraction of sp³-hybridized carbons (Fsp3) is 0.667. The van der Waals surface area contributed by atoms with Crippen LogP contribution in [0.5, 0.6) is 0 Å². The third-order valence-corrected chi connectivity index (χ3v) is 2.53. The molecular formula is C12H22N4O2. The van der Waals surface area contributed by atoms with Crippen molar-refractivity contribution in [2.45, 2.75) is 26.4 Å². The van der Waals surface area contributed by atoms with Crippen molar-refractivity contribution in [2.75, 3.05) is 37.4 Å².